The molecule has 2 heterocycles. The first-order valence-electron chi connectivity index (χ1n) is 6.71. The van der Waals surface area contributed by atoms with Crippen molar-refractivity contribution in [2.24, 2.45) is 0 Å². The molecule has 0 atom stereocenters. The van der Waals surface area contributed by atoms with E-state index in [9.17, 15) is 4.79 Å². The molecular formula is C17H12N2OS. The second kappa shape index (κ2) is 4.82. The third-order valence-electron chi connectivity index (χ3n) is 3.65. The average molecular weight is 292 g/mol. The van der Waals surface area contributed by atoms with Crippen LogP contribution in [-0.4, -0.2) is 9.55 Å². The molecule has 0 saturated heterocycles. The van der Waals surface area contributed by atoms with Crippen LogP contribution < -0.4 is 5.43 Å². The number of aromatic nitrogens is 2. The summed E-state index contributed by atoms with van der Waals surface area (Å²) in [5.74, 6) is 0. The monoisotopic (exact) mass is 292 g/mol. The van der Waals surface area contributed by atoms with Gasteiger partial charge in [-0.05, 0) is 16.8 Å². The topological polar surface area (TPSA) is 34.9 Å². The number of nitrogens with zero attached hydrogens (tertiary/aromatic N) is 2. The highest BCUT2D eigenvalue weighted by molar-refractivity contribution is 7.16. The third kappa shape index (κ3) is 2.04. The zero-order valence-corrected chi connectivity index (χ0v) is 12.0. The molecule has 0 amide bonds. The summed E-state index contributed by atoms with van der Waals surface area (Å²) in [4.78, 5) is 16.9. The van der Waals surface area contributed by atoms with E-state index in [1.165, 1.54) is 0 Å². The van der Waals surface area contributed by atoms with Crippen LogP contribution in [0.4, 0.5) is 0 Å². The van der Waals surface area contributed by atoms with Gasteiger partial charge in [0.05, 0.1) is 12.9 Å². The summed E-state index contributed by atoms with van der Waals surface area (Å²) in [5, 5.41) is 4.92. The Bertz CT molecular complexity index is 987. The lowest BCUT2D eigenvalue weighted by atomic mass is 10.1. The Morgan fingerprint density at radius 3 is 2.90 bits per heavy atom. The van der Waals surface area contributed by atoms with Gasteiger partial charge in [-0.1, -0.05) is 30.3 Å². The Morgan fingerprint density at radius 1 is 1.14 bits per heavy atom. The number of hydrogen-bond donors (Lipinski definition) is 0. The number of rotatable bonds is 2. The summed E-state index contributed by atoms with van der Waals surface area (Å²) in [5.41, 5.74) is 0.927. The number of fused-ring (bicyclic) bond motifs is 3. The first-order chi connectivity index (χ1) is 10.3. The van der Waals surface area contributed by atoms with E-state index in [1.54, 1.807) is 23.9 Å². The minimum absolute atomic E-state index is 0.120. The maximum Gasteiger partial charge on any atom is 0.193 e. The zero-order chi connectivity index (χ0) is 14.2. The Balaban J connectivity index is 2.01. The van der Waals surface area contributed by atoms with Crippen molar-refractivity contribution in [3.63, 3.8) is 0 Å². The van der Waals surface area contributed by atoms with Crippen LogP contribution in [0.25, 0.3) is 20.9 Å². The van der Waals surface area contributed by atoms with Gasteiger partial charge in [0.1, 0.15) is 0 Å². The van der Waals surface area contributed by atoms with Gasteiger partial charge in [-0.25, -0.2) is 4.98 Å². The van der Waals surface area contributed by atoms with Crippen LogP contribution in [0.1, 0.15) is 5.56 Å². The predicted octanol–water partition coefficient (Wildman–Crippen LogP) is 3.66. The van der Waals surface area contributed by atoms with Crippen molar-refractivity contribution < 1.29 is 0 Å². The van der Waals surface area contributed by atoms with Gasteiger partial charge in [-0.3, -0.25) is 4.79 Å². The molecule has 0 saturated carbocycles. The molecule has 0 spiro atoms. The molecule has 21 heavy (non-hydrogen) atoms. The summed E-state index contributed by atoms with van der Waals surface area (Å²) in [6.07, 6.45) is 5.33. The highest BCUT2D eigenvalue weighted by Gasteiger charge is 2.09. The van der Waals surface area contributed by atoms with Crippen LogP contribution in [0.2, 0.25) is 0 Å². The van der Waals surface area contributed by atoms with E-state index in [1.807, 2.05) is 46.5 Å². The van der Waals surface area contributed by atoms with E-state index in [0.29, 0.717) is 6.54 Å². The van der Waals surface area contributed by atoms with Crippen molar-refractivity contribution in [3.05, 3.63) is 76.3 Å². The zero-order valence-electron chi connectivity index (χ0n) is 11.2. The van der Waals surface area contributed by atoms with E-state index in [2.05, 4.69) is 11.1 Å². The van der Waals surface area contributed by atoms with Crippen LogP contribution in [0.15, 0.2) is 65.3 Å². The molecule has 4 heteroatoms. The van der Waals surface area contributed by atoms with Crippen molar-refractivity contribution in [1.29, 1.82) is 0 Å². The van der Waals surface area contributed by atoms with Crippen LogP contribution in [0.3, 0.4) is 0 Å². The third-order valence-corrected chi connectivity index (χ3v) is 4.65. The normalized spacial score (nSPS) is 11.2. The molecule has 0 aliphatic carbocycles. The molecule has 0 aliphatic heterocycles. The Labute approximate surface area is 125 Å². The van der Waals surface area contributed by atoms with Crippen molar-refractivity contribution in [3.8, 4) is 0 Å². The van der Waals surface area contributed by atoms with Crippen LogP contribution in [0.5, 0.6) is 0 Å². The lowest BCUT2D eigenvalue weighted by Gasteiger charge is -2.06. The Kier molecular flexibility index (Phi) is 2.82. The van der Waals surface area contributed by atoms with Gasteiger partial charge in [0, 0.05) is 33.4 Å². The number of benzene rings is 2. The maximum absolute atomic E-state index is 12.8. The van der Waals surface area contributed by atoms with Gasteiger partial charge in [0.25, 0.3) is 0 Å². The molecule has 3 nitrogen and oxygen atoms in total. The van der Waals surface area contributed by atoms with Gasteiger partial charge >= 0.3 is 0 Å². The molecule has 0 radical (unpaired) electrons. The molecule has 0 fully saturated rings. The molecule has 0 bridgehead atoms. The minimum atomic E-state index is 0.120. The first-order valence-corrected chi connectivity index (χ1v) is 7.59. The fourth-order valence-electron chi connectivity index (χ4n) is 2.62. The molecule has 0 unspecified atom stereocenters. The van der Waals surface area contributed by atoms with Crippen LogP contribution >= 0.6 is 11.3 Å². The van der Waals surface area contributed by atoms with E-state index < -0.39 is 0 Å². The van der Waals surface area contributed by atoms with Crippen LogP contribution in [0, 0.1) is 0 Å². The Hall–Kier alpha value is -2.46. The fraction of sp³-hybridized carbons (Fsp3) is 0.0588. The van der Waals surface area contributed by atoms with Gasteiger partial charge in [-0.2, -0.15) is 0 Å². The van der Waals surface area contributed by atoms with E-state index in [4.69, 9.17) is 0 Å². The highest BCUT2D eigenvalue weighted by atomic mass is 32.1. The predicted molar refractivity (Wildman–Crippen MR) is 86.9 cm³/mol. The van der Waals surface area contributed by atoms with E-state index in [0.717, 1.165) is 26.4 Å². The van der Waals surface area contributed by atoms with Crippen molar-refractivity contribution >= 4 is 32.2 Å². The minimum Gasteiger partial charge on any atom is -0.333 e. The molecule has 2 aromatic carbocycles. The summed E-state index contributed by atoms with van der Waals surface area (Å²) in [7, 11) is 0. The molecular weight excluding hydrogens is 280 g/mol. The van der Waals surface area contributed by atoms with Crippen molar-refractivity contribution in [1.82, 2.24) is 9.55 Å². The number of imidazole rings is 1. The molecule has 4 rings (SSSR count). The standard InChI is InChI=1S/C17H12N2OS/c20-17-13(9-19-8-7-18-11-19)10-21-15-6-5-12-3-1-2-4-14(12)16(15)17/h1-8,10-11H,9H2. The number of hydrogen-bond acceptors (Lipinski definition) is 3. The summed E-state index contributed by atoms with van der Waals surface area (Å²) in [6, 6.07) is 12.1. The molecule has 0 N–H and O–H groups in total. The van der Waals surface area contributed by atoms with Crippen molar-refractivity contribution in [2.45, 2.75) is 6.54 Å². The molecule has 0 aliphatic rings. The smallest absolute Gasteiger partial charge is 0.193 e. The van der Waals surface area contributed by atoms with E-state index >= 15 is 0 Å². The van der Waals surface area contributed by atoms with Gasteiger partial charge in [0.15, 0.2) is 5.43 Å². The van der Waals surface area contributed by atoms with Crippen LogP contribution in [-0.2, 0) is 6.54 Å². The lowest BCUT2D eigenvalue weighted by Crippen LogP contribution is -2.11. The van der Waals surface area contributed by atoms with E-state index in [-0.39, 0.29) is 5.43 Å². The first kappa shape index (κ1) is 12.3. The Morgan fingerprint density at radius 2 is 2.05 bits per heavy atom. The molecule has 4 aromatic rings. The molecule has 2 aromatic heterocycles. The summed E-state index contributed by atoms with van der Waals surface area (Å²) in [6.45, 7) is 0.564. The van der Waals surface area contributed by atoms with Gasteiger partial charge < -0.3 is 4.57 Å². The maximum atomic E-state index is 12.8. The average Bonchev–Trinajstić information content (AvgIpc) is 3.02. The van der Waals surface area contributed by atoms with Gasteiger partial charge in [0.2, 0.25) is 0 Å². The summed E-state index contributed by atoms with van der Waals surface area (Å²) >= 11 is 1.62. The molecule has 102 valence electrons. The quantitative estimate of drug-likeness (QED) is 0.528. The van der Waals surface area contributed by atoms with Crippen molar-refractivity contribution in [2.75, 3.05) is 0 Å². The lowest BCUT2D eigenvalue weighted by molar-refractivity contribution is 0.795. The second-order valence-electron chi connectivity index (χ2n) is 4.98. The SMILES string of the molecule is O=c1c(Cn2ccnc2)csc2ccc3ccccc3c12. The second-order valence-corrected chi connectivity index (χ2v) is 5.90. The summed E-state index contributed by atoms with van der Waals surface area (Å²) < 4.78 is 2.95. The largest absolute Gasteiger partial charge is 0.333 e. The van der Waals surface area contributed by atoms with Gasteiger partial charge in [-0.15, -0.1) is 11.3 Å². The highest BCUT2D eigenvalue weighted by Crippen LogP contribution is 2.26. The fourth-order valence-corrected chi connectivity index (χ4v) is 3.54.